The summed E-state index contributed by atoms with van der Waals surface area (Å²) in [7, 11) is -3.14. The molecule has 0 aromatic heterocycles. The molecule has 1 atom stereocenters. The molecule has 1 amide bonds. The smallest absolute Gasteiger partial charge is 0.224 e. The Morgan fingerprint density at radius 3 is 2.62 bits per heavy atom. The Morgan fingerprint density at radius 2 is 1.95 bits per heavy atom. The monoisotopic (exact) mass is 317 g/mol. The van der Waals surface area contributed by atoms with Gasteiger partial charge in [-0.05, 0) is 38.5 Å². The van der Waals surface area contributed by atoms with E-state index >= 15 is 0 Å². The third-order valence-corrected chi connectivity index (χ3v) is 4.87. The molecule has 1 aliphatic carbocycles. The predicted octanol–water partition coefficient (Wildman–Crippen LogP) is 0.449. The average molecular weight is 317 g/mol. The molecular formula is C14H27N3O3S. The highest BCUT2D eigenvalue weighted by atomic mass is 32.2. The van der Waals surface area contributed by atoms with Gasteiger partial charge in [-0.15, -0.1) is 0 Å². The number of hydrogen-bond donors (Lipinski definition) is 2. The zero-order chi connectivity index (χ0) is 15.3. The fourth-order valence-electron chi connectivity index (χ4n) is 2.85. The number of carbonyl (C=O) groups is 1. The summed E-state index contributed by atoms with van der Waals surface area (Å²) in [5.41, 5.74) is 0. The number of nitrogens with one attached hydrogen (secondary N) is 2. The number of nitrogens with zero attached hydrogens (tertiary/aromatic N) is 1. The fraction of sp³-hybridized carbons (Fsp3) is 0.929. The van der Waals surface area contributed by atoms with E-state index in [4.69, 9.17) is 0 Å². The highest BCUT2D eigenvalue weighted by Gasteiger charge is 2.27. The van der Waals surface area contributed by atoms with Crippen LogP contribution in [0.4, 0.5) is 0 Å². The summed E-state index contributed by atoms with van der Waals surface area (Å²) in [6.45, 7) is 1.98. The van der Waals surface area contributed by atoms with Crippen molar-refractivity contribution in [2.24, 2.45) is 0 Å². The van der Waals surface area contributed by atoms with Crippen molar-refractivity contribution in [3.63, 3.8) is 0 Å². The van der Waals surface area contributed by atoms with Gasteiger partial charge in [0, 0.05) is 38.1 Å². The lowest BCUT2D eigenvalue weighted by molar-refractivity contribution is -0.134. The first kappa shape index (κ1) is 16.7. The van der Waals surface area contributed by atoms with Crippen molar-refractivity contribution in [1.29, 1.82) is 0 Å². The molecule has 6 nitrogen and oxygen atoms in total. The van der Waals surface area contributed by atoms with Gasteiger partial charge in [-0.1, -0.05) is 0 Å². The minimum atomic E-state index is -3.14. The zero-order valence-electron chi connectivity index (χ0n) is 12.8. The van der Waals surface area contributed by atoms with Gasteiger partial charge in [-0.2, -0.15) is 0 Å². The van der Waals surface area contributed by atoms with Crippen LogP contribution in [0.3, 0.4) is 0 Å². The summed E-state index contributed by atoms with van der Waals surface area (Å²) in [5.74, 6) is 0.201. The molecule has 21 heavy (non-hydrogen) atoms. The van der Waals surface area contributed by atoms with E-state index in [0.29, 0.717) is 25.4 Å². The molecule has 0 aromatic rings. The normalized spacial score (nSPS) is 23.3. The minimum Gasteiger partial charge on any atom is -0.340 e. The molecule has 2 fully saturated rings. The number of carbonyl (C=O) groups excluding carboxylic acids is 1. The quantitative estimate of drug-likeness (QED) is 0.681. The van der Waals surface area contributed by atoms with E-state index in [-0.39, 0.29) is 11.9 Å². The van der Waals surface area contributed by atoms with E-state index in [2.05, 4.69) is 10.0 Å². The lowest BCUT2D eigenvalue weighted by Gasteiger charge is -2.36. The van der Waals surface area contributed by atoms with Crippen LogP contribution >= 0.6 is 0 Å². The maximum Gasteiger partial charge on any atom is 0.224 e. The standard InChI is InChI=1S/C14H27N3O3S/c1-21(19,20)16-10-7-13-4-2-3-11-17(13)14(18)8-9-15-12-5-6-12/h12-13,15-16H,2-11H2,1H3. The van der Waals surface area contributed by atoms with Crippen molar-refractivity contribution in [2.75, 3.05) is 25.9 Å². The van der Waals surface area contributed by atoms with E-state index < -0.39 is 10.0 Å². The van der Waals surface area contributed by atoms with Crippen LogP contribution in [0.5, 0.6) is 0 Å². The van der Waals surface area contributed by atoms with Crippen LogP contribution in [0.25, 0.3) is 0 Å². The van der Waals surface area contributed by atoms with Crippen LogP contribution in [0, 0.1) is 0 Å². The molecule has 1 saturated heterocycles. The minimum absolute atomic E-state index is 0.182. The molecule has 1 unspecified atom stereocenters. The number of piperidine rings is 1. The van der Waals surface area contributed by atoms with Crippen LogP contribution in [-0.4, -0.2) is 57.2 Å². The van der Waals surface area contributed by atoms with Crippen molar-refractivity contribution in [3.8, 4) is 0 Å². The Kier molecular flexibility index (Phi) is 6.01. The molecule has 1 saturated carbocycles. The van der Waals surface area contributed by atoms with E-state index in [0.717, 1.165) is 32.4 Å². The molecule has 2 N–H and O–H groups in total. The van der Waals surface area contributed by atoms with Gasteiger partial charge in [0.1, 0.15) is 0 Å². The van der Waals surface area contributed by atoms with Crippen LogP contribution in [0.2, 0.25) is 0 Å². The average Bonchev–Trinajstić information content (AvgIpc) is 3.22. The van der Waals surface area contributed by atoms with Gasteiger partial charge in [-0.25, -0.2) is 13.1 Å². The Hall–Kier alpha value is -0.660. The summed E-state index contributed by atoms with van der Waals surface area (Å²) in [6, 6.07) is 0.815. The van der Waals surface area contributed by atoms with Crippen molar-refractivity contribution in [2.45, 2.75) is 57.0 Å². The molecule has 0 aromatic carbocycles. The van der Waals surface area contributed by atoms with Crippen LogP contribution < -0.4 is 10.0 Å². The summed E-state index contributed by atoms with van der Waals surface area (Å²) < 4.78 is 24.7. The lowest BCUT2D eigenvalue weighted by atomic mass is 9.99. The maximum absolute atomic E-state index is 12.3. The highest BCUT2D eigenvalue weighted by molar-refractivity contribution is 7.88. The molecule has 0 radical (unpaired) electrons. The second-order valence-corrected chi connectivity index (χ2v) is 8.00. The molecule has 1 aliphatic heterocycles. The Balaban J connectivity index is 1.75. The molecule has 7 heteroatoms. The number of hydrogen-bond acceptors (Lipinski definition) is 4. The summed E-state index contributed by atoms with van der Waals surface area (Å²) in [6.07, 6.45) is 8.04. The van der Waals surface area contributed by atoms with Gasteiger partial charge >= 0.3 is 0 Å². The fourth-order valence-corrected chi connectivity index (χ4v) is 3.34. The second-order valence-electron chi connectivity index (χ2n) is 6.17. The summed E-state index contributed by atoms with van der Waals surface area (Å²) in [4.78, 5) is 14.3. The zero-order valence-corrected chi connectivity index (χ0v) is 13.6. The Bertz CT molecular complexity index is 448. The van der Waals surface area contributed by atoms with Gasteiger partial charge in [0.05, 0.1) is 6.26 Å². The molecule has 0 spiro atoms. The van der Waals surface area contributed by atoms with Crippen LogP contribution in [0.1, 0.15) is 44.9 Å². The van der Waals surface area contributed by atoms with Crippen LogP contribution in [0.15, 0.2) is 0 Å². The number of rotatable bonds is 8. The SMILES string of the molecule is CS(=O)(=O)NCCC1CCCCN1C(=O)CCNC1CC1. The Labute approximate surface area is 127 Å². The van der Waals surface area contributed by atoms with Gasteiger partial charge in [0.25, 0.3) is 0 Å². The van der Waals surface area contributed by atoms with Crippen molar-refractivity contribution in [1.82, 2.24) is 14.9 Å². The van der Waals surface area contributed by atoms with E-state index in [1.54, 1.807) is 0 Å². The van der Waals surface area contributed by atoms with E-state index in [1.807, 2.05) is 4.90 Å². The molecule has 2 aliphatic rings. The van der Waals surface area contributed by atoms with Gasteiger partial charge in [0.15, 0.2) is 0 Å². The third-order valence-electron chi connectivity index (χ3n) is 4.14. The van der Waals surface area contributed by atoms with Gasteiger partial charge in [0.2, 0.25) is 15.9 Å². The van der Waals surface area contributed by atoms with Crippen LogP contribution in [-0.2, 0) is 14.8 Å². The number of sulfonamides is 1. The first-order valence-electron chi connectivity index (χ1n) is 7.93. The number of amides is 1. The maximum atomic E-state index is 12.3. The Morgan fingerprint density at radius 1 is 1.19 bits per heavy atom. The lowest BCUT2D eigenvalue weighted by Crippen LogP contribution is -2.46. The van der Waals surface area contributed by atoms with Crippen molar-refractivity contribution < 1.29 is 13.2 Å². The summed E-state index contributed by atoms with van der Waals surface area (Å²) >= 11 is 0. The van der Waals surface area contributed by atoms with Crippen molar-refractivity contribution >= 4 is 15.9 Å². The molecule has 2 rings (SSSR count). The van der Waals surface area contributed by atoms with E-state index in [1.165, 1.54) is 19.1 Å². The van der Waals surface area contributed by atoms with E-state index in [9.17, 15) is 13.2 Å². The molecule has 1 heterocycles. The first-order valence-corrected chi connectivity index (χ1v) is 9.82. The first-order chi connectivity index (χ1) is 9.96. The highest BCUT2D eigenvalue weighted by Crippen LogP contribution is 2.21. The topological polar surface area (TPSA) is 78.5 Å². The number of likely N-dealkylation sites (tertiary alicyclic amines) is 1. The predicted molar refractivity (Wildman–Crippen MR) is 82.5 cm³/mol. The largest absolute Gasteiger partial charge is 0.340 e. The van der Waals surface area contributed by atoms with Crippen molar-refractivity contribution in [3.05, 3.63) is 0 Å². The molecular weight excluding hydrogens is 290 g/mol. The molecule has 0 bridgehead atoms. The molecule has 122 valence electrons. The van der Waals surface area contributed by atoms with Gasteiger partial charge in [-0.3, -0.25) is 4.79 Å². The van der Waals surface area contributed by atoms with Gasteiger partial charge < -0.3 is 10.2 Å². The second kappa shape index (κ2) is 7.56. The third kappa shape index (κ3) is 6.32. The summed E-state index contributed by atoms with van der Waals surface area (Å²) in [5, 5.41) is 3.37.